The van der Waals surface area contributed by atoms with Crippen LogP contribution in [0.5, 0.6) is 0 Å². The molecule has 29 heavy (non-hydrogen) atoms. The molecule has 0 spiro atoms. The number of nitrogens with zero attached hydrogens (tertiary/aromatic N) is 4. The summed E-state index contributed by atoms with van der Waals surface area (Å²) in [6.07, 6.45) is 2.19. The number of guanidine groups is 1. The normalized spacial score (nSPS) is 20.8. The van der Waals surface area contributed by atoms with Crippen molar-refractivity contribution in [2.45, 2.75) is 25.2 Å². The number of nitrogens with one attached hydrogen (secondary N) is 1. The van der Waals surface area contributed by atoms with Gasteiger partial charge >= 0.3 is 0 Å². The maximum Gasteiger partial charge on any atom is 0.199 e. The minimum absolute atomic E-state index is 0.0888. The van der Waals surface area contributed by atoms with Gasteiger partial charge in [0.05, 0.1) is 17.8 Å². The van der Waals surface area contributed by atoms with Crippen molar-refractivity contribution in [1.29, 1.82) is 0 Å². The number of hydrogen-bond acceptors (Lipinski definition) is 6. The lowest BCUT2D eigenvalue weighted by Crippen LogP contribution is -2.56. The van der Waals surface area contributed by atoms with E-state index in [-0.39, 0.29) is 12.2 Å². The van der Waals surface area contributed by atoms with Gasteiger partial charge in [-0.1, -0.05) is 41.9 Å². The van der Waals surface area contributed by atoms with Crippen LogP contribution >= 0.6 is 11.6 Å². The number of nitrogens with two attached hydrogens (primary N) is 2. The number of halogens is 1. The van der Waals surface area contributed by atoms with Gasteiger partial charge in [0.15, 0.2) is 11.8 Å². The van der Waals surface area contributed by atoms with E-state index in [9.17, 15) is 0 Å². The molecular weight excluding hydrogens is 386 g/mol. The van der Waals surface area contributed by atoms with Gasteiger partial charge in [-0.2, -0.15) is 10.1 Å². The second-order valence-corrected chi connectivity index (χ2v) is 7.93. The summed E-state index contributed by atoms with van der Waals surface area (Å²) in [6, 6.07) is 16.5. The summed E-state index contributed by atoms with van der Waals surface area (Å²) >= 11 is 6.20. The molecule has 2 aliphatic heterocycles. The second-order valence-electron chi connectivity index (χ2n) is 7.49. The SMILES string of the molecule is NC1=Nc2[nH]ncc2C(N)N1C1Cc2ccccc2N(Cc2cccc(Cl)c2)C1. The van der Waals surface area contributed by atoms with Gasteiger partial charge in [0.25, 0.3) is 0 Å². The zero-order chi connectivity index (χ0) is 20.0. The Morgan fingerprint density at radius 2 is 2.03 bits per heavy atom. The number of hydrogen-bond donors (Lipinski definition) is 3. The number of fused-ring (bicyclic) bond motifs is 2. The zero-order valence-corrected chi connectivity index (χ0v) is 16.5. The van der Waals surface area contributed by atoms with E-state index in [4.69, 9.17) is 23.1 Å². The van der Waals surface area contributed by atoms with Crippen molar-refractivity contribution >= 4 is 29.1 Å². The van der Waals surface area contributed by atoms with Gasteiger partial charge in [0, 0.05) is 23.8 Å². The number of anilines is 1. The summed E-state index contributed by atoms with van der Waals surface area (Å²) in [5, 5.41) is 7.67. The molecule has 0 bridgehead atoms. The van der Waals surface area contributed by atoms with Crippen LogP contribution in [0.15, 0.2) is 59.7 Å². The monoisotopic (exact) mass is 407 g/mol. The third-order valence-corrected chi connectivity index (χ3v) is 5.87. The number of aromatic nitrogens is 2. The van der Waals surface area contributed by atoms with Crippen molar-refractivity contribution in [1.82, 2.24) is 15.1 Å². The highest BCUT2D eigenvalue weighted by Gasteiger charge is 2.36. The van der Waals surface area contributed by atoms with Crippen LogP contribution in [0, 0.1) is 0 Å². The van der Waals surface area contributed by atoms with Crippen molar-refractivity contribution in [2.75, 3.05) is 11.4 Å². The van der Waals surface area contributed by atoms with Crippen LogP contribution in [-0.2, 0) is 13.0 Å². The van der Waals surface area contributed by atoms with Crippen molar-refractivity contribution in [3.8, 4) is 0 Å². The lowest BCUT2D eigenvalue weighted by Gasteiger charge is -2.44. The minimum Gasteiger partial charge on any atom is -0.369 e. The van der Waals surface area contributed by atoms with Gasteiger partial charge in [0.2, 0.25) is 0 Å². The largest absolute Gasteiger partial charge is 0.369 e. The van der Waals surface area contributed by atoms with Crippen molar-refractivity contribution < 1.29 is 0 Å². The fraction of sp³-hybridized carbons (Fsp3) is 0.238. The quantitative estimate of drug-likeness (QED) is 0.619. The van der Waals surface area contributed by atoms with Crippen molar-refractivity contribution in [3.63, 3.8) is 0 Å². The maximum absolute atomic E-state index is 6.56. The van der Waals surface area contributed by atoms with Gasteiger partial charge in [0.1, 0.15) is 6.17 Å². The highest BCUT2D eigenvalue weighted by molar-refractivity contribution is 6.30. The summed E-state index contributed by atoms with van der Waals surface area (Å²) in [4.78, 5) is 8.85. The third kappa shape index (κ3) is 3.22. The Bertz CT molecular complexity index is 1080. The Hall–Kier alpha value is -3.03. The number of benzene rings is 2. The van der Waals surface area contributed by atoms with Crippen LogP contribution in [0.4, 0.5) is 11.5 Å². The number of aliphatic imine (C=N–C) groups is 1. The molecule has 0 aliphatic carbocycles. The number of H-pyrrole nitrogens is 1. The maximum atomic E-state index is 6.56. The van der Waals surface area contributed by atoms with Crippen LogP contribution in [0.3, 0.4) is 0 Å². The topological polar surface area (TPSA) is 99.6 Å². The molecule has 148 valence electrons. The fourth-order valence-corrected chi connectivity index (χ4v) is 4.54. The molecule has 5 N–H and O–H groups in total. The predicted octanol–water partition coefficient (Wildman–Crippen LogP) is 2.91. The van der Waals surface area contributed by atoms with Crippen LogP contribution < -0.4 is 16.4 Å². The van der Waals surface area contributed by atoms with E-state index in [2.05, 4.69) is 50.4 Å². The van der Waals surface area contributed by atoms with Gasteiger partial charge in [-0.25, -0.2) is 0 Å². The molecule has 0 saturated carbocycles. The molecule has 8 heteroatoms. The molecule has 0 fully saturated rings. The van der Waals surface area contributed by atoms with Gasteiger partial charge in [-0.05, 0) is 35.7 Å². The molecule has 2 aliphatic rings. The molecule has 1 aromatic heterocycles. The lowest BCUT2D eigenvalue weighted by atomic mass is 9.95. The Balaban J connectivity index is 1.48. The molecular formula is C21H22ClN7. The smallest absolute Gasteiger partial charge is 0.199 e. The highest BCUT2D eigenvalue weighted by atomic mass is 35.5. The van der Waals surface area contributed by atoms with Crippen molar-refractivity contribution in [3.05, 3.63) is 76.4 Å². The molecule has 0 amide bonds. The summed E-state index contributed by atoms with van der Waals surface area (Å²) in [6.45, 7) is 1.53. The second kappa shape index (κ2) is 7.09. The first kappa shape index (κ1) is 18.0. The highest BCUT2D eigenvalue weighted by Crippen LogP contribution is 2.35. The standard InChI is InChI=1S/C21H22ClN7/c22-15-6-3-4-13(8-15)11-28-12-16(9-14-5-1-2-7-18(14)28)29-19(23)17-10-25-27-20(17)26-21(29)24/h1-8,10,16,19H,9,11-12,23H2,(H3,24,25,26,27). The van der Waals surface area contributed by atoms with E-state index in [0.29, 0.717) is 11.8 Å². The molecule has 7 nitrogen and oxygen atoms in total. The molecule has 5 rings (SSSR count). The molecule has 0 saturated heterocycles. The van der Waals surface area contributed by atoms with Crippen LogP contribution in [0.25, 0.3) is 0 Å². The van der Waals surface area contributed by atoms with Crippen molar-refractivity contribution in [2.24, 2.45) is 16.5 Å². The molecule has 2 aromatic carbocycles. The van der Waals surface area contributed by atoms with E-state index < -0.39 is 0 Å². The van der Waals surface area contributed by atoms with Crippen LogP contribution in [-0.4, -0.2) is 33.6 Å². The van der Waals surface area contributed by atoms with Gasteiger partial charge in [-0.3, -0.25) is 5.10 Å². The third-order valence-electron chi connectivity index (χ3n) is 5.63. The molecule has 2 unspecified atom stereocenters. The summed E-state index contributed by atoms with van der Waals surface area (Å²) in [7, 11) is 0. The first-order valence-electron chi connectivity index (χ1n) is 9.59. The molecule has 0 radical (unpaired) electrons. The Labute approximate surface area is 174 Å². The Kier molecular flexibility index (Phi) is 4.41. The summed E-state index contributed by atoms with van der Waals surface area (Å²) in [5.41, 5.74) is 17.4. The first-order valence-corrected chi connectivity index (χ1v) is 9.96. The van der Waals surface area contributed by atoms with Gasteiger partial charge < -0.3 is 21.3 Å². The predicted molar refractivity (Wildman–Crippen MR) is 115 cm³/mol. The molecule has 3 aromatic rings. The Morgan fingerprint density at radius 3 is 2.90 bits per heavy atom. The van der Waals surface area contributed by atoms with Crippen LogP contribution in [0.2, 0.25) is 5.02 Å². The summed E-state index contributed by atoms with van der Waals surface area (Å²) in [5.74, 6) is 1.06. The fourth-order valence-electron chi connectivity index (χ4n) is 4.33. The number of rotatable bonds is 3. The van der Waals surface area contributed by atoms with Gasteiger partial charge in [-0.15, -0.1) is 0 Å². The van der Waals surface area contributed by atoms with E-state index in [1.165, 1.54) is 11.3 Å². The molecule has 2 atom stereocenters. The van der Waals surface area contributed by atoms with E-state index >= 15 is 0 Å². The minimum atomic E-state index is -0.385. The summed E-state index contributed by atoms with van der Waals surface area (Å²) < 4.78 is 0. The van der Waals surface area contributed by atoms with E-state index in [1.807, 2.05) is 23.1 Å². The average molecular weight is 408 g/mol. The van der Waals surface area contributed by atoms with E-state index in [0.717, 1.165) is 35.7 Å². The van der Waals surface area contributed by atoms with Crippen LogP contribution in [0.1, 0.15) is 22.9 Å². The first-order chi connectivity index (χ1) is 14.1. The van der Waals surface area contributed by atoms with E-state index in [1.54, 1.807) is 6.20 Å². The Morgan fingerprint density at radius 1 is 1.17 bits per heavy atom. The zero-order valence-electron chi connectivity index (χ0n) is 15.8. The average Bonchev–Trinajstić information content (AvgIpc) is 3.17. The number of para-hydroxylation sites is 1. The number of aromatic amines is 1. The lowest BCUT2D eigenvalue weighted by molar-refractivity contribution is 0.229. The molecule has 3 heterocycles.